The minimum absolute atomic E-state index is 0.604. The van der Waals surface area contributed by atoms with Gasteiger partial charge in [0.2, 0.25) is 0 Å². The Morgan fingerprint density at radius 2 is 2.00 bits per heavy atom. The molecule has 0 radical (unpaired) electrons. The van der Waals surface area contributed by atoms with Crippen LogP contribution in [-0.2, 0) is 16.0 Å². The van der Waals surface area contributed by atoms with Crippen LogP contribution in [0, 0.1) is 5.92 Å². The Hall–Kier alpha value is -1.22. The lowest BCUT2D eigenvalue weighted by Gasteiger charge is -2.24. The topological polar surface area (TPSA) is 37.3 Å². The quantitative estimate of drug-likeness (QED) is 0.763. The third-order valence-electron chi connectivity index (χ3n) is 3.05. The van der Waals surface area contributed by atoms with Crippen molar-refractivity contribution in [1.82, 2.24) is 0 Å². The highest BCUT2D eigenvalue weighted by molar-refractivity contribution is 8.01. The summed E-state index contributed by atoms with van der Waals surface area (Å²) in [6.45, 7) is 9.75. The van der Waals surface area contributed by atoms with Crippen molar-refractivity contribution in [2.45, 2.75) is 31.9 Å². The zero-order valence-corrected chi connectivity index (χ0v) is 12.7. The standard InChI is InChI=1S/C16H22O2S/c1-5-10-19-16(4,15(17)18)14-8-6-13(7-9-14)11-12(2)3/h5-9,12H,1,10-11H2,2-4H3,(H,17,18). The molecular formula is C16H22O2S. The minimum Gasteiger partial charge on any atom is -0.480 e. The van der Waals surface area contributed by atoms with E-state index >= 15 is 0 Å². The van der Waals surface area contributed by atoms with Crippen molar-refractivity contribution < 1.29 is 9.90 Å². The first-order valence-electron chi connectivity index (χ1n) is 6.47. The predicted molar refractivity (Wildman–Crippen MR) is 82.6 cm³/mol. The van der Waals surface area contributed by atoms with Crippen molar-refractivity contribution in [2.75, 3.05) is 5.75 Å². The van der Waals surface area contributed by atoms with E-state index < -0.39 is 10.7 Å². The lowest BCUT2D eigenvalue weighted by molar-refractivity contribution is -0.139. The third kappa shape index (κ3) is 4.13. The number of benzene rings is 1. The Kier molecular flexibility index (Phi) is 5.67. The molecule has 0 bridgehead atoms. The van der Waals surface area contributed by atoms with E-state index in [9.17, 15) is 9.90 Å². The lowest BCUT2D eigenvalue weighted by atomic mass is 9.96. The van der Waals surface area contributed by atoms with E-state index in [1.54, 1.807) is 13.0 Å². The van der Waals surface area contributed by atoms with Crippen LogP contribution in [0.5, 0.6) is 0 Å². The smallest absolute Gasteiger partial charge is 0.324 e. The van der Waals surface area contributed by atoms with Gasteiger partial charge >= 0.3 is 5.97 Å². The lowest BCUT2D eigenvalue weighted by Crippen LogP contribution is -2.29. The van der Waals surface area contributed by atoms with Crippen molar-refractivity contribution in [3.8, 4) is 0 Å². The Morgan fingerprint density at radius 3 is 2.42 bits per heavy atom. The molecule has 0 heterocycles. The van der Waals surface area contributed by atoms with Crippen LogP contribution in [0.3, 0.4) is 0 Å². The highest BCUT2D eigenvalue weighted by atomic mass is 32.2. The molecule has 1 N–H and O–H groups in total. The average molecular weight is 278 g/mol. The number of hydrogen-bond donors (Lipinski definition) is 1. The summed E-state index contributed by atoms with van der Waals surface area (Å²) in [4.78, 5) is 11.5. The molecule has 1 aromatic carbocycles. The number of hydrogen-bond acceptors (Lipinski definition) is 2. The largest absolute Gasteiger partial charge is 0.480 e. The van der Waals surface area contributed by atoms with Gasteiger partial charge in [-0.25, -0.2) is 0 Å². The van der Waals surface area contributed by atoms with Crippen molar-refractivity contribution in [3.63, 3.8) is 0 Å². The highest BCUT2D eigenvalue weighted by Crippen LogP contribution is 2.36. The maximum absolute atomic E-state index is 11.5. The molecule has 0 aliphatic carbocycles. The van der Waals surface area contributed by atoms with E-state index in [-0.39, 0.29) is 0 Å². The Labute approximate surface area is 119 Å². The first-order chi connectivity index (χ1) is 8.90. The molecule has 1 atom stereocenters. The molecule has 104 valence electrons. The Bertz CT molecular complexity index is 437. The van der Waals surface area contributed by atoms with Gasteiger partial charge < -0.3 is 5.11 Å². The summed E-state index contributed by atoms with van der Waals surface area (Å²) in [5, 5.41) is 9.47. The fourth-order valence-electron chi connectivity index (χ4n) is 1.92. The Morgan fingerprint density at radius 1 is 1.42 bits per heavy atom. The molecule has 0 aromatic heterocycles. The second-order valence-electron chi connectivity index (χ2n) is 5.23. The van der Waals surface area contributed by atoms with Crippen LogP contribution >= 0.6 is 11.8 Å². The van der Waals surface area contributed by atoms with E-state index in [1.807, 2.05) is 24.3 Å². The average Bonchev–Trinajstić information content (AvgIpc) is 2.35. The van der Waals surface area contributed by atoms with Gasteiger partial charge in [-0.3, -0.25) is 4.79 Å². The van der Waals surface area contributed by atoms with Gasteiger partial charge in [-0.1, -0.05) is 44.2 Å². The number of carbonyl (C=O) groups is 1. The van der Waals surface area contributed by atoms with Crippen LogP contribution < -0.4 is 0 Å². The normalized spacial score (nSPS) is 14.1. The van der Waals surface area contributed by atoms with E-state index in [2.05, 4.69) is 20.4 Å². The van der Waals surface area contributed by atoms with Crippen LogP contribution in [0.1, 0.15) is 31.9 Å². The molecule has 0 spiro atoms. The summed E-state index contributed by atoms with van der Waals surface area (Å²) in [5.74, 6) is 0.416. The van der Waals surface area contributed by atoms with E-state index in [0.29, 0.717) is 11.7 Å². The summed E-state index contributed by atoms with van der Waals surface area (Å²) in [6, 6.07) is 7.93. The molecular weight excluding hydrogens is 256 g/mol. The summed E-state index contributed by atoms with van der Waals surface area (Å²) < 4.78 is -0.912. The van der Waals surface area contributed by atoms with Crippen molar-refractivity contribution >= 4 is 17.7 Å². The summed E-state index contributed by atoms with van der Waals surface area (Å²) in [6.07, 6.45) is 2.75. The first kappa shape index (κ1) is 15.8. The van der Waals surface area contributed by atoms with Crippen LogP contribution in [0.4, 0.5) is 0 Å². The van der Waals surface area contributed by atoms with Gasteiger partial charge in [-0.05, 0) is 30.4 Å². The van der Waals surface area contributed by atoms with Crippen LogP contribution in [-0.4, -0.2) is 16.8 Å². The highest BCUT2D eigenvalue weighted by Gasteiger charge is 2.35. The van der Waals surface area contributed by atoms with Gasteiger partial charge in [-0.2, -0.15) is 0 Å². The minimum atomic E-state index is -0.912. The maximum Gasteiger partial charge on any atom is 0.324 e. The fraction of sp³-hybridized carbons (Fsp3) is 0.438. The molecule has 19 heavy (non-hydrogen) atoms. The molecule has 0 saturated carbocycles. The predicted octanol–water partition coefficient (Wildman–Crippen LogP) is 4.10. The number of aliphatic carboxylic acids is 1. The van der Waals surface area contributed by atoms with Gasteiger partial charge in [0.15, 0.2) is 0 Å². The first-order valence-corrected chi connectivity index (χ1v) is 7.46. The molecule has 1 rings (SSSR count). The fourth-order valence-corrected chi connectivity index (χ4v) is 2.80. The SMILES string of the molecule is C=CCSC(C)(C(=O)O)c1ccc(CC(C)C)cc1. The maximum atomic E-state index is 11.5. The Balaban J connectivity index is 2.97. The molecule has 2 nitrogen and oxygen atoms in total. The van der Waals surface area contributed by atoms with Gasteiger partial charge in [0.25, 0.3) is 0 Å². The van der Waals surface area contributed by atoms with Crippen molar-refractivity contribution in [3.05, 3.63) is 48.0 Å². The van der Waals surface area contributed by atoms with E-state index in [1.165, 1.54) is 17.3 Å². The monoisotopic (exact) mass is 278 g/mol. The van der Waals surface area contributed by atoms with Gasteiger partial charge in [-0.15, -0.1) is 18.3 Å². The molecule has 3 heteroatoms. The number of rotatable bonds is 7. The van der Waals surface area contributed by atoms with Crippen LogP contribution in [0.2, 0.25) is 0 Å². The van der Waals surface area contributed by atoms with Gasteiger partial charge in [0.05, 0.1) is 0 Å². The zero-order valence-electron chi connectivity index (χ0n) is 11.8. The third-order valence-corrected chi connectivity index (χ3v) is 4.44. The molecule has 0 amide bonds. The van der Waals surface area contributed by atoms with Crippen LogP contribution in [0.25, 0.3) is 0 Å². The number of carboxylic acids is 1. The molecule has 0 aliphatic heterocycles. The summed E-state index contributed by atoms with van der Waals surface area (Å²) >= 11 is 1.39. The number of carboxylic acid groups (broad SMARTS) is 1. The summed E-state index contributed by atoms with van der Waals surface area (Å²) in [5.41, 5.74) is 2.08. The van der Waals surface area contributed by atoms with Crippen molar-refractivity contribution in [1.29, 1.82) is 0 Å². The van der Waals surface area contributed by atoms with Gasteiger partial charge in [0, 0.05) is 5.75 Å². The molecule has 1 aromatic rings. The molecule has 0 aliphatic rings. The summed E-state index contributed by atoms with van der Waals surface area (Å²) in [7, 11) is 0. The second-order valence-corrected chi connectivity index (χ2v) is 6.67. The molecule has 0 saturated heterocycles. The van der Waals surface area contributed by atoms with E-state index in [4.69, 9.17) is 0 Å². The van der Waals surface area contributed by atoms with E-state index in [0.717, 1.165) is 12.0 Å². The molecule has 1 unspecified atom stereocenters. The van der Waals surface area contributed by atoms with Crippen LogP contribution in [0.15, 0.2) is 36.9 Å². The number of thioether (sulfide) groups is 1. The second kappa shape index (κ2) is 6.80. The molecule has 0 fully saturated rings. The zero-order chi connectivity index (χ0) is 14.5. The van der Waals surface area contributed by atoms with Gasteiger partial charge in [0.1, 0.15) is 4.75 Å². The van der Waals surface area contributed by atoms with Crippen molar-refractivity contribution in [2.24, 2.45) is 5.92 Å².